The van der Waals surface area contributed by atoms with Crippen LogP contribution in [0.25, 0.3) is 10.9 Å². The van der Waals surface area contributed by atoms with E-state index in [1.54, 1.807) is 12.4 Å². The summed E-state index contributed by atoms with van der Waals surface area (Å²) < 4.78 is 2.04. The molecule has 0 radical (unpaired) electrons. The molecule has 1 aliphatic carbocycles. The summed E-state index contributed by atoms with van der Waals surface area (Å²) in [5.74, 6) is 0.124. The van der Waals surface area contributed by atoms with Gasteiger partial charge in [-0.3, -0.25) is 9.78 Å². The van der Waals surface area contributed by atoms with E-state index in [-0.39, 0.29) is 17.9 Å². The van der Waals surface area contributed by atoms with Crippen LogP contribution in [0, 0.1) is 0 Å². The van der Waals surface area contributed by atoms with E-state index >= 15 is 0 Å². The molecule has 0 saturated heterocycles. The molecule has 1 fully saturated rings. The summed E-state index contributed by atoms with van der Waals surface area (Å²) in [5.41, 5.74) is 3.44. The minimum Gasteiger partial charge on any atom is -0.465 e. The fourth-order valence-electron chi connectivity index (χ4n) is 4.38. The summed E-state index contributed by atoms with van der Waals surface area (Å²) in [7, 11) is 0. The van der Waals surface area contributed by atoms with Crippen LogP contribution in [0.3, 0.4) is 0 Å². The minimum absolute atomic E-state index is 0.124. The molecule has 29 heavy (non-hydrogen) atoms. The molecule has 3 aromatic rings. The molecular weight excluding hydrogens is 392 g/mol. The molecule has 3 heterocycles. The Hall–Kier alpha value is -3.06. The number of halogens is 1. The highest BCUT2D eigenvalue weighted by Crippen LogP contribution is 2.57. The number of nitrogens with one attached hydrogen (secondary N) is 1. The molecule has 5 rings (SSSR count). The number of carbonyl (C=O) groups is 2. The lowest BCUT2D eigenvalue weighted by atomic mass is 9.99. The minimum atomic E-state index is -1.06. The van der Waals surface area contributed by atoms with Crippen LogP contribution in [0.5, 0.6) is 0 Å². The number of nitrogens with zero attached hydrogens (tertiary/aromatic N) is 3. The van der Waals surface area contributed by atoms with Crippen LogP contribution < -0.4 is 10.2 Å². The van der Waals surface area contributed by atoms with Crippen LogP contribution >= 0.6 is 11.6 Å². The Morgan fingerprint density at radius 1 is 1.28 bits per heavy atom. The molecule has 7 nitrogen and oxygen atoms in total. The van der Waals surface area contributed by atoms with Crippen molar-refractivity contribution in [1.29, 1.82) is 0 Å². The van der Waals surface area contributed by atoms with Crippen LogP contribution in [0.4, 0.5) is 10.5 Å². The Labute approximate surface area is 171 Å². The maximum atomic E-state index is 13.2. The van der Waals surface area contributed by atoms with Gasteiger partial charge in [0, 0.05) is 40.9 Å². The van der Waals surface area contributed by atoms with Crippen molar-refractivity contribution in [1.82, 2.24) is 14.9 Å². The molecule has 2 aromatic heterocycles. The van der Waals surface area contributed by atoms with Crippen molar-refractivity contribution < 1.29 is 14.7 Å². The highest BCUT2D eigenvalue weighted by Gasteiger charge is 2.59. The first-order valence-electron chi connectivity index (χ1n) is 9.50. The second kappa shape index (κ2) is 6.49. The lowest BCUT2D eigenvalue weighted by Crippen LogP contribution is -2.33. The molecular formula is C21H19ClN4O3. The summed E-state index contributed by atoms with van der Waals surface area (Å²) >= 11 is 6.16. The van der Waals surface area contributed by atoms with Gasteiger partial charge in [-0.25, -0.2) is 4.79 Å². The summed E-state index contributed by atoms with van der Waals surface area (Å²) in [5, 5.41) is 12.9. The van der Waals surface area contributed by atoms with Crippen molar-refractivity contribution in [3.05, 3.63) is 59.0 Å². The first kappa shape index (κ1) is 18.0. The van der Waals surface area contributed by atoms with Crippen LogP contribution in [0.1, 0.15) is 24.1 Å². The average Bonchev–Trinajstić information content (AvgIpc) is 3.39. The standard InChI is InChI=1S/C21H19ClN4O3/c22-14-1-2-17-13(9-14)10-15(25(17)8-7-24-20(28)29)12-26-18-11-23-6-3-16(18)21(4-5-21)19(26)27/h1-3,6,9-11,24H,4-5,7-8,12H2,(H,28,29). The van der Waals surface area contributed by atoms with Crippen LogP contribution in [0.15, 0.2) is 42.7 Å². The molecule has 148 valence electrons. The topological polar surface area (TPSA) is 87.5 Å². The van der Waals surface area contributed by atoms with Gasteiger partial charge in [0.15, 0.2) is 0 Å². The van der Waals surface area contributed by atoms with Gasteiger partial charge in [-0.15, -0.1) is 0 Å². The van der Waals surface area contributed by atoms with Crippen molar-refractivity contribution in [2.45, 2.75) is 31.3 Å². The SMILES string of the molecule is O=C(O)NCCn1c(CN2C(=O)C3(CC3)c3ccncc32)cc2cc(Cl)ccc21. The Balaban J connectivity index is 1.53. The number of hydrogen-bond donors (Lipinski definition) is 2. The van der Waals surface area contributed by atoms with Gasteiger partial charge in [-0.2, -0.15) is 0 Å². The third-order valence-corrected chi connectivity index (χ3v) is 6.13. The number of carbonyl (C=O) groups excluding carboxylic acids is 1. The zero-order chi connectivity index (χ0) is 20.2. The molecule has 0 atom stereocenters. The third kappa shape index (κ3) is 2.84. The normalized spacial score (nSPS) is 16.4. The lowest BCUT2D eigenvalue weighted by molar-refractivity contribution is -0.120. The van der Waals surface area contributed by atoms with Crippen molar-refractivity contribution in [2.75, 3.05) is 11.4 Å². The molecule has 1 spiro atoms. The number of fused-ring (bicyclic) bond motifs is 3. The second-order valence-corrected chi connectivity index (χ2v) is 8.03. The molecule has 1 aromatic carbocycles. The summed E-state index contributed by atoms with van der Waals surface area (Å²) in [6, 6.07) is 9.58. The van der Waals surface area contributed by atoms with Crippen LogP contribution in [-0.4, -0.2) is 33.2 Å². The largest absolute Gasteiger partial charge is 0.465 e. The number of aromatic nitrogens is 2. The molecule has 8 heteroatoms. The quantitative estimate of drug-likeness (QED) is 0.673. The number of anilines is 1. The number of rotatable bonds is 5. The fraction of sp³-hybridized carbons (Fsp3) is 0.286. The predicted octanol–water partition coefficient (Wildman–Crippen LogP) is 3.54. The highest BCUT2D eigenvalue weighted by molar-refractivity contribution is 6.31. The van der Waals surface area contributed by atoms with Crippen LogP contribution in [0.2, 0.25) is 5.02 Å². The molecule has 0 bridgehead atoms. The molecule has 2 amide bonds. The van der Waals surface area contributed by atoms with Gasteiger partial charge in [-0.1, -0.05) is 11.6 Å². The fourth-order valence-corrected chi connectivity index (χ4v) is 4.57. The van der Waals surface area contributed by atoms with Gasteiger partial charge in [0.2, 0.25) is 5.91 Å². The van der Waals surface area contributed by atoms with E-state index in [4.69, 9.17) is 16.7 Å². The van der Waals surface area contributed by atoms with Gasteiger partial charge in [-0.05, 0) is 48.7 Å². The van der Waals surface area contributed by atoms with Gasteiger partial charge in [0.1, 0.15) is 0 Å². The monoisotopic (exact) mass is 410 g/mol. The summed E-state index contributed by atoms with van der Waals surface area (Å²) in [6.45, 7) is 1.13. The smallest absolute Gasteiger partial charge is 0.404 e. The van der Waals surface area contributed by atoms with E-state index in [0.29, 0.717) is 18.1 Å². The van der Waals surface area contributed by atoms with E-state index in [2.05, 4.69) is 10.3 Å². The van der Waals surface area contributed by atoms with E-state index in [1.807, 2.05) is 39.8 Å². The Bertz CT molecular complexity index is 1150. The van der Waals surface area contributed by atoms with Crippen molar-refractivity contribution in [2.24, 2.45) is 0 Å². The Morgan fingerprint density at radius 3 is 2.86 bits per heavy atom. The van der Waals surface area contributed by atoms with Crippen molar-refractivity contribution in [3.8, 4) is 0 Å². The molecule has 1 saturated carbocycles. The third-order valence-electron chi connectivity index (χ3n) is 5.89. The zero-order valence-electron chi connectivity index (χ0n) is 15.6. The lowest BCUT2D eigenvalue weighted by Gasteiger charge is -2.19. The maximum Gasteiger partial charge on any atom is 0.404 e. The number of amides is 2. The van der Waals surface area contributed by atoms with Gasteiger partial charge >= 0.3 is 6.09 Å². The van der Waals surface area contributed by atoms with Crippen LogP contribution in [-0.2, 0) is 23.3 Å². The van der Waals surface area contributed by atoms with Crippen molar-refractivity contribution in [3.63, 3.8) is 0 Å². The average molecular weight is 411 g/mol. The Morgan fingerprint density at radius 2 is 2.10 bits per heavy atom. The van der Waals surface area contributed by atoms with E-state index in [9.17, 15) is 9.59 Å². The number of pyridine rings is 1. The molecule has 1 aliphatic heterocycles. The number of hydrogen-bond acceptors (Lipinski definition) is 3. The highest BCUT2D eigenvalue weighted by atomic mass is 35.5. The molecule has 0 unspecified atom stereocenters. The molecule has 2 N–H and O–H groups in total. The van der Waals surface area contributed by atoms with E-state index < -0.39 is 6.09 Å². The summed E-state index contributed by atoms with van der Waals surface area (Å²) in [6.07, 6.45) is 4.19. The predicted molar refractivity (Wildman–Crippen MR) is 109 cm³/mol. The van der Waals surface area contributed by atoms with Crippen molar-refractivity contribution >= 4 is 40.2 Å². The first-order chi connectivity index (χ1) is 14.0. The number of benzene rings is 1. The van der Waals surface area contributed by atoms with E-state index in [0.717, 1.165) is 40.7 Å². The van der Waals surface area contributed by atoms with Gasteiger partial charge in [0.25, 0.3) is 0 Å². The number of carboxylic acid groups (broad SMARTS) is 1. The van der Waals surface area contributed by atoms with E-state index in [1.165, 1.54) is 0 Å². The zero-order valence-corrected chi connectivity index (χ0v) is 16.3. The summed E-state index contributed by atoms with van der Waals surface area (Å²) in [4.78, 5) is 30.1. The Kier molecular flexibility index (Phi) is 4.03. The maximum absolute atomic E-state index is 13.2. The first-order valence-corrected chi connectivity index (χ1v) is 9.88. The second-order valence-electron chi connectivity index (χ2n) is 7.59. The van der Waals surface area contributed by atoms with Gasteiger partial charge in [0.05, 0.1) is 23.8 Å². The molecule has 2 aliphatic rings. The van der Waals surface area contributed by atoms with Gasteiger partial charge < -0.3 is 19.9 Å².